The number of rotatable bonds is 3. The van der Waals surface area contributed by atoms with Gasteiger partial charge in [-0.2, -0.15) is 0 Å². The molecule has 14 heavy (non-hydrogen) atoms. The van der Waals surface area contributed by atoms with Crippen LogP contribution in [0.15, 0.2) is 24.3 Å². The van der Waals surface area contributed by atoms with Crippen LogP contribution in [0.4, 0.5) is 0 Å². The van der Waals surface area contributed by atoms with E-state index in [1.54, 1.807) is 12.1 Å². The molecule has 4 heteroatoms. The van der Waals surface area contributed by atoms with E-state index in [-0.39, 0.29) is 5.91 Å². The molecule has 1 N–H and O–H groups in total. The molecule has 1 aromatic carbocycles. The molecule has 0 heterocycles. The zero-order valence-electron chi connectivity index (χ0n) is 8.08. The lowest BCUT2D eigenvalue weighted by atomic mass is 10.2. The second-order valence-corrected chi connectivity index (χ2v) is 3.30. The Hall–Kier alpha value is -1.06. The summed E-state index contributed by atoms with van der Waals surface area (Å²) in [6.45, 7) is 1.45. The SMILES string of the molecule is COC(NC(C)=O)c1ccc(Cl)cc1. The molecular weight excluding hydrogens is 202 g/mol. The normalized spacial score (nSPS) is 12.2. The van der Waals surface area contributed by atoms with Gasteiger partial charge >= 0.3 is 0 Å². The van der Waals surface area contributed by atoms with Gasteiger partial charge in [-0.25, -0.2) is 0 Å². The Bertz CT molecular complexity index is 310. The second-order valence-electron chi connectivity index (χ2n) is 2.87. The van der Waals surface area contributed by atoms with Gasteiger partial charge in [0.25, 0.3) is 0 Å². The molecule has 1 atom stereocenters. The van der Waals surface area contributed by atoms with Crippen molar-refractivity contribution in [3.05, 3.63) is 34.9 Å². The third-order valence-electron chi connectivity index (χ3n) is 1.74. The van der Waals surface area contributed by atoms with Crippen molar-refractivity contribution in [2.24, 2.45) is 0 Å². The first-order chi connectivity index (χ1) is 6.63. The summed E-state index contributed by atoms with van der Waals surface area (Å²) in [4.78, 5) is 10.8. The average Bonchev–Trinajstić information content (AvgIpc) is 2.15. The van der Waals surface area contributed by atoms with Crippen molar-refractivity contribution in [2.75, 3.05) is 7.11 Å². The quantitative estimate of drug-likeness (QED) is 0.782. The van der Waals surface area contributed by atoms with Crippen LogP contribution >= 0.6 is 11.6 Å². The third-order valence-corrected chi connectivity index (χ3v) is 1.99. The summed E-state index contributed by atoms with van der Waals surface area (Å²) in [6.07, 6.45) is -0.412. The topological polar surface area (TPSA) is 38.3 Å². The maximum absolute atomic E-state index is 10.8. The van der Waals surface area contributed by atoms with E-state index in [2.05, 4.69) is 5.32 Å². The molecular formula is C10H12ClNO2. The van der Waals surface area contributed by atoms with E-state index >= 15 is 0 Å². The first-order valence-electron chi connectivity index (χ1n) is 4.19. The van der Waals surface area contributed by atoms with Crippen LogP contribution in [0, 0.1) is 0 Å². The molecule has 1 aromatic rings. The molecule has 0 saturated heterocycles. The molecule has 0 aliphatic rings. The van der Waals surface area contributed by atoms with Gasteiger partial charge in [-0.3, -0.25) is 4.79 Å². The van der Waals surface area contributed by atoms with Crippen molar-refractivity contribution >= 4 is 17.5 Å². The first-order valence-corrected chi connectivity index (χ1v) is 4.56. The third kappa shape index (κ3) is 3.01. The lowest BCUT2D eigenvalue weighted by molar-refractivity contribution is -0.122. The number of carbonyl (C=O) groups excluding carboxylic acids is 1. The Morgan fingerprint density at radius 2 is 2.00 bits per heavy atom. The van der Waals surface area contributed by atoms with E-state index < -0.39 is 6.23 Å². The van der Waals surface area contributed by atoms with Gasteiger partial charge in [0.05, 0.1) is 0 Å². The molecule has 1 unspecified atom stereocenters. The number of nitrogens with one attached hydrogen (secondary N) is 1. The number of amides is 1. The molecule has 0 aliphatic carbocycles. The summed E-state index contributed by atoms with van der Waals surface area (Å²) in [5, 5.41) is 3.32. The summed E-state index contributed by atoms with van der Waals surface area (Å²) < 4.78 is 5.11. The molecule has 76 valence electrons. The van der Waals surface area contributed by atoms with Crippen molar-refractivity contribution in [3.63, 3.8) is 0 Å². The minimum atomic E-state index is -0.412. The maximum atomic E-state index is 10.8. The fourth-order valence-corrected chi connectivity index (χ4v) is 1.23. The molecule has 0 aromatic heterocycles. The van der Waals surface area contributed by atoms with Crippen LogP contribution in [0.25, 0.3) is 0 Å². The number of methoxy groups -OCH3 is 1. The largest absolute Gasteiger partial charge is 0.357 e. The number of halogens is 1. The molecule has 1 rings (SSSR count). The van der Waals surface area contributed by atoms with Gasteiger partial charge in [-0.1, -0.05) is 23.7 Å². The van der Waals surface area contributed by atoms with E-state index in [1.165, 1.54) is 14.0 Å². The predicted molar refractivity (Wildman–Crippen MR) is 55.0 cm³/mol. The highest BCUT2D eigenvalue weighted by molar-refractivity contribution is 6.30. The fraction of sp³-hybridized carbons (Fsp3) is 0.300. The van der Waals surface area contributed by atoms with Crippen LogP contribution in [0.3, 0.4) is 0 Å². The lowest BCUT2D eigenvalue weighted by Crippen LogP contribution is -2.27. The molecule has 0 spiro atoms. The maximum Gasteiger partial charge on any atom is 0.219 e. The molecule has 1 amide bonds. The summed E-state index contributed by atoms with van der Waals surface area (Å²) in [5.74, 6) is -0.133. The average molecular weight is 214 g/mol. The number of benzene rings is 1. The standard InChI is InChI=1S/C10H12ClNO2/c1-7(13)12-10(14-2)8-3-5-9(11)6-4-8/h3-6,10H,1-2H3,(H,12,13). The monoisotopic (exact) mass is 213 g/mol. The van der Waals surface area contributed by atoms with E-state index in [9.17, 15) is 4.79 Å². The van der Waals surface area contributed by atoms with E-state index in [0.29, 0.717) is 5.02 Å². The van der Waals surface area contributed by atoms with Gasteiger partial charge in [-0.15, -0.1) is 0 Å². The number of carbonyl (C=O) groups is 1. The van der Waals surface area contributed by atoms with Crippen LogP contribution in [-0.2, 0) is 9.53 Å². The zero-order valence-corrected chi connectivity index (χ0v) is 8.84. The minimum absolute atomic E-state index is 0.133. The summed E-state index contributed by atoms with van der Waals surface area (Å²) in [7, 11) is 1.54. The number of hydrogen-bond donors (Lipinski definition) is 1. The minimum Gasteiger partial charge on any atom is -0.357 e. The number of ether oxygens (including phenoxy) is 1. The van der Waals surface area contributed by atoms with Crippen LogP contribution < -0.4 is 5.32 Å². The van der Waals surface area contributed by atoms with Gasteiger partial charge < -0.3 is 10.1 Å². The van der Waals surface area contributed by atoms with E-state index in [4.69, 9.17) is 16.3 Å². The van der Waals surface area contributed by atoms with Gasteiger partial charge in [0.1, 0.15) is 0 Å². The smallest absolute Gasteiger partial charge is 0.219 e. The van der Waals surface area contributed by atoms with Crippen LogP contribution in [-0.4, -0.2) is 13.0 Å². The van der Waals surface area contributed by atoms with Crippen LogP contribution in [0.1, 0.15) is 18.7 Å². The molecule has 0 radical (unpaired) electrons. The molecule has 3 nitrogen and oxygen atoms in total. The molecule has 0 fully saturated rings. The second kappa shape index (κ2) is 4.98. The first kappa shape index (κ1) is 11.0. The van der Waals surface area contributed by atoms with Gasteiger partial charge in [0, 0.05) is 24.6 Å². The highest BCUT2D eigenvalue weighted by atomic mass is 35.5. The van der Waals surface area contributed by atoms with Gasteiger partial charge in [-0.05, 0) is 12.1 Å². The Labute approximate surface area is 88.0 Å². The van der Waals surface area contributed by atoms with Crippen molar-refractivity contribution in [3.8, 4) is 0 Å². The highest BCUT2D eigenvalue weighted by Gasteiger charge is 2.10. The molecule has 0 aliphatic heterocycles. The highest BCUT2D eigenvalue weighted by Crippen LogP contribution is 2.16. The number of hydrogen-bond acceptors (Lipinski definition) is 2. The Kier molecular flexibility index (Phi) is 3.92. The molecule has 0 bridgehead atoms. The van der Waals surface area contributed by atoms with Crippen molar-refractivity contribution in [1.29, 1.82) is 0 Å². The lowest BCUT2D eigenvalue weighted by Gasteiger charge is -2.16. The van der Waals surface area contributed by atoms with Gasteiger partial charge in [0.15, 0.2) is 6.23 Å². The zero-order chi connectivity index (χ0) is 10.6. The summed E-state index contributed by atoms with van der Waals surface area (Å²) in [5.41, 5.74) is 0.868. The Balaban J connectivity index is 2.78. The fourth-order valence-electron chi connectivity index (χ4n) is 1.10. The Morgan fingerprint density at radius 1 is 1.43 bits per heavy atom. The van der Waals surface area contributed by atoms with E-state index in [1.807, 2.05) is 12.1 Å². The van der Waals surface area contributed by atoms with Crippen molar-refractivity contribution in [1.82, 2.24) is 5.32 Å². The summed E-state index contributed by atoms with van der Waals surface area (Å²) >= 11 is 5.74. The van der Waals surface area contributed by atoms with Crippen LogP contribution in [0.2, 0.25) is 5.02 Å². The van der Waals surface area contributed by atoms with Gasteiger partial charge in [0.2, 0.25) is 5.91 Å². The summed E-state index contributed by atoms with van der Waals surface area (Å²) in [6, 6.07) is 7.13. The van der Waals surface area contributed by atoms with E-state index in [0.717, 1.165) is 5.56 Å². The van der Waals surface area contributed by atoms with Crippen molar-refractivity contribution < 1.29 is 9.53 Å². The van der Waals surface area contributed by atoms with Crippen LogP contribution in [0.5, 0.6) is 0 Å². The van der Waals surface area contributed by atoms with Crippen molar-refractivity contribution in [2.45, 2.75) is 13.2 Å². The molecule has 0 saturated carbocycles. The Morgan fingerprint density at radius 3 is 2.43 bits per heavy atom. The predicted octanol–water partition coefficient (Wildman–Crippen LogP) is 2.12.